The first kappa shape index (κ1) is 18.5. The average Bonchev–Trinajstić information content (AvgIpc) is 3.25. The number of sulfonamides is 1. The summed E-state index contributed by atoms with van der Waals surface area (Å²) in [6.07, 6.45) is 6.09. The highest BCUT2D eigenvalue weighted by Gasteiger charge is 2.38. The summed E-state index contributed by atoms with van der Waals surface area (Å²) in [7, 11) is -3.69. The number of imidazole rings is 1. The van der Waals surface area contributed by atoms with Gasteiger partial charge >= 0.3 is 12.1 Å². The number of carbonyl (C=O) groups excluding carboxylic acids is 2. The number of hydrogen-bond acceptors (Lipinski definition) is 5. The lowest BCUT2D eigenvalue weighted by Gasteiger charge is -2.17. The van der Waals surface area contributed by atoms with Crippen molar-refractivity contribution < 1.29 is 18.0 Å². The van der Waals surface area contributed by atoms with Crippen molar-refractivity contribution in [3.05, 3.63) is 36.3 Å². The van der Waals surface area contributed by atoms with Crippen LogP contribution in [0, 0.1) is 0 Å². The second kappa shape index (κ2) is 6.93. The molecule has 2 aliphatic rings. The Balaban J connectivity index is 1.57. The van der Waals surface area contributed by atoms with Crippen molar-refractivity contribution in [1.82, 2.24) is 18.8 Å². The molecule has 4 amide bonds. The molecule has 4 rings (SSSR count). The van der Waals surface area contributed by atoms with Crippen LogP contribution >= 0.6 is 0 Å². The van der Waals surface area contributed by atoms with Crippen molar-refractivity contribution in [3.63, 3.8) is 0 Å². The summed E-state index contributed by atoms with van der Waals surface area (Å²) in [4.78, 5) is 30.5. The van der Waals surface area contributed by atoms with E-state index >= 15 is 0 Å². The van der Waals surface area contributed by atoms with Crippen molar-refractivity contribution in [1.29, 1.82) is 0 Å². The standard InChI is InChI=1S/C18H21N5O4S/c1-28(26,27)23-11-10-22(18(23)25)17(24)20-14-7-3-2-6-13(14)15-12-21-9-5-4-8-16(21)19-15/h2-3,6-7,12H,4-5,8-11H2,1H3,(H,20,24). The van der Waals surface area contributed by atoms with Crippen molar-refractivity contribution in [3.8, 4) is 11.3 Å². The number of nitrogens with zero attached hydrogens (tertiary/aromatic N) is 4. The van der Waals surface area contributed by atoms with E-state index in [1.807, 2.05) is 18.3 Å². The Kier molecular flexibility index (Phi) is 4.58. The summed E-state index contributed by atoms with van der Waals surface area (Å²) in [6.45, 7) is 0.902. The number of amides is 4. The third-order valence-corrected chi connectivity index (χ3v) is 6.11. The lowest BCUT2D eigenvalue weighted by Crippen LogP contribution is -2.40. The topological polar surface area (TPSA) is 105 Å². The van der Waals surface area contributed by atoms with Crippen LogP contribution in [-0.2, 0) is 23.0 Å². The van der Waals surface area contributed by atoms with Gasteiger partial charge in [0.15, 0.2) is 0 Å². The van der Waals surface area contributed by atoms with E-state index in [1.165, 1.54) is 0 Å². The van der Waals surface area contributed by atoms with Gasteiger partial charge in [-0.1, -0.05) is 18.2 Å². The number of benzene rings is 1. The molecule has 9 nitrogen and oxygen atoms in total. The number of para-hydroxylation sites is 1. The summed E-state index contributed by atoms with van der Waals surface area (Å²) in [5.41, 5.74) is 2.04. The normalized spacial score (nSPS) is 17.0. The highest BCUT2D eigenvalue weighted by Crippen LogP contribution is 2.29. The summed E-state index contributed by atoms with van der Waals surface area (Å²) in [5.74, 6) is 1.03. The Morgan fingerprint density at radius 3 is 2.64 bits per heavy atom. The molecular formula is C18H21N5O4S. The van der Waals surface area contributed by atoms with Gasteiger partial charge in [0.05, 0.1) is 30.7 Å². The maximum Gasteiger partial charge on any atom is 0.341 e. The van der Waals surface area contributed by atoms with Crippen molar-refractivity contribution >= 4 is 27.8 Å². The van der Waals surface area contributed by atoms with Gasteiger partial charge in [-0.25, -0.2) is 32.2 Å². The minimum atomic E-state index is -3.69. The Labute approximate surface area is 163 Å². The number of hydrogen-bond donors (Lipinski definition) is 1. The zero-order chi connectivity index (χ0) is 19.9. The molecule has 0 spiro atoms. The molecule has 148 valence electrons. The van der Waals surface area contributed by atoms with Gasteiger partial charge in [0, 0.05) is 24.7 Å². The van der Waals surface area contributed by atoms with Crippen LogP contribution in [0.5, 0.6) is 0 Å². The maximum atomic E-state index is 12.6. The van der Waals surface area contributed by atoms with Gasteiger partial charge in [-0.05, 0) is 18.9 Å². The summed E-state index contributed by atoms with van der Waals surface area (Å²) < 4.78 is 26.1. The first-order valence-corrected chi connectivity index (χ1v) is 10.9. The predicted molar refractivity (Wildman–Crippen MR) is 103 cm³/mol. The fourth-order valence-corrected chi connectivity index (χ4v) is 4.35. The van der Waals surface area contributed by atoms with E-state index in [4.69, 9.17) is 0 Å². The Morgan fingerprint density at radius 1 is 1.14 bits per heavy atom. The molecule has 0 unspecified atom stereocenters. The first-order chi connectivity index (χ1) is 13.3. The van der Waals surface area contributed by atoms with E-state index in [0.717, 1.165) is 54.0 Å². The molecule has 1 fully saturated rings. The van der Waals surface area contributed by atoms with E-state index in [2.05, 4.69) is 14.9 Å². The van der Waals surface area contributed by atoms with E-state index < -0.39 is 22.1 Å². The van der Waals surface area contributed by atoms with Crippen LogP contribution in [0.1, 0.15) is 18.7 Å². The molecule has 0 aliphatic carbocycles. The van der Waals surface area contributed by atoms with Gasteiger partial charge in [-0.3, -0.25) is 0 Å². The fraction of sp³-hybridized carbons (Fsp3) is 0.389. The number of rotatable bonds is 3. The summed E-state index contributed by atoms with van der Waals surface area (Å²) in [5, 5.41) is 2.73. The van der Waals surface area contributed by atoms with Crippen LogP contribution < -0.4 is 5.32 Å². The molecule has 3 heterocycles. The van der Waals surface area contributed by atoms with Gasteiger partial charge in [0.25, 0.3) is 0 Å². The van der Waals surface area contributed by atoms with Gasteiger partial charge in [-0.15, -0.1) is 0 Å². The van der Waals surface area contributed by atoms with Crippen LogP contribution in [0.4, 0.5) is 15.3 Å². The number of anilines is 1. The highest BCUT2D eigenvalue weighted by atomic mass is 32.2. The Bertz CT molecular complexity index is 1020. The second-order valence-corrected chi connectivity index (χ2v) is 8.84. The lowest BCUT2D eigenvalue weighted by molar-refractivity contribution is 0.201. The number of urea groups is 2. The first-order valence-electron chi connectivity index (χ1n) is 9.10. The van der Waals surface area contributed by atoms with Gasteiger partial charge < -0.3 is 9.88 Å². The number of aryl methyl sites for hydroxylation is 2. The quantitative estimate of drug-likeness (QED) is 0.845. The lowest BCUT2D eigenvalue weighted by atomic mass is 10.1. The molecule has 1 N–H and O–H groups in total. The average molecular weight is 403 g/mol. The molecule has 28 heavy (non-hydrogen) atoms. The number of imide groups is 1. The molecule has 2 aromatic rings. The van der Waals surface area contributed by atoms with Crippen molar-refractivity contribution in [2.45, 2.75) is 25.8 Å². The molecule has 0 bridgehead atoms. The van der Waals surface area contributed by atoms with Gasteiger partial charge in [-0.2, -0.15) is 0 Å². The van der Waals surface area contributed by atoms with E-state index in [-0.39, 0.29) is 13.1 Å². The zero-order valence-electron chi connectivity index (χ0n) is 15.5. The third-order valence-electron chi connectivity index (χ3n) is 4.97. The largest absolute Gasteiger partial charge is 0.341 e. The van der Waals surface area contributed by atoms with Crippen molar-refractivity contribution in [2.24, 2.45) is 0 Å². The van der Waals surface area contributed by atoms with Crippen LogP contribution in [0.15, 0.2) is 30.5 Å². The highest BCUT2D eigenvalue weighted by molar-refractivity contribution is 7.88. The summed E-state index contributed by atoms with van der Waals surface area (Å²) in [6, 6.07) is 5.74. The number of fused-ring (bicyclic) bond motifs is 1. The third kappa shape index (κ3) is 3.35. The molecule has 1 aromatic heterocycles. The van der Waals surface area contributed by atoms with Gasteiger partial charge in [0.2, 0.25) is 10.0 Å². The zero-order valence-corrected chi connectivity index (χ0v) is 16.3. The molecule has 0 atom stereocenters. The second-order valence-electron chi connectivity index (χ2n) is 6.94. The SMILES string of the molecule is CS(=O)(=O)N1CCN(C(=O)Nc2ccccc2-c2cn3c(n2)CCCC3)C1=O. The van der Waals surface area contributed by atoms with Crippen LogP contribution in [-0.4, -0.2) is 58.6 Å². The monoisotopic (exact) mass is 403 g/mol. The number of aromatic nitrogens is 2. The van der Waals surface area contributed by atoms with Crippen LogP contribution in [0.3, 0.4) is 0 Å². The Hall–Kier alpha value is -2.88. The maximum absolute atomic E-state index is 12.6. The molecule has 10 heteroatoms. The fourth-order valence-electron chi connectivity index (χ4n) is 3.55. The summed E-state index contributed by atoms with van der Waals surface area (Å²) >= 11 is 0. The molecule has 1 aromatic carbocycles. The molecule has 1 saturated heterocycles. The number of nitrogens with one attached hydrogen (secondary N) is 1. The van der Waals surface area contributed by atoms with Crippen molar-refractivity contribution in [2.75, 3.05) is 24.7 Å². The van der Waals surface area contributed by atoms with Gasteiger partial charge in [0.1, 0.15) is 5.82 Å². The Morgan fingerprint density at radius 2 is 1.93 bits per heavy atom. The molecule has 2 aliphatic heterocycles. The molecule has 0 saturated carbocycles. The molecule has 0 radical (unpaired) electrons. The number of carbonyl (C=O) groups is 2. The molecular weight excluding hydrogens is 382 g/mol. The van der Waals surface area contributed by atoms with E-state index in [0.29, 0.717) is 9.99 Å². The van der Waals surface area contributed by atoms with E-state index in [1.54, 1.807) is 12.1 Å². The minimum Gasteiger partial charge on any atom is -0.334 e. The van der Waals surface area contributed by atoms with Crippen LogP contribution in [0.2, 0.25) is 0 Å². The van der Waals surface area contributed by atoms with Crippen LogP contribution in [0.25, 0.3) is 11.3 Å². The van der Waals surface area contributed by atoms with E-state index in [9.17, 15) is 18.0 Å². The minimum absolute atomic E-state index is 0.0126. The smallest absolute Gasteiger partial charge is 0.334 e. The predicted octanol–water partition coefficient (Wildman–Crippen LogP) is 2.12.